The summed E-state index contributed by atoms with van der Waals surface area (Å²) in [5.41, 5.74) is 2.76. The monoisotopic (exact) mass is 448 g/mol. The molecule has 0 saturated carbocycles. The van der Waals surface area contributed by atoms with Gasteiger partial charge in [0.2, 0.25) is 11.8 Å². The first-order chi connectivity index (χ1) is 16.2. The Morgan fingerprint density at radius 3 is 2.76 bits per heavy atom. The van der Waals surface area contributed by atoms with E-state index in [1.54, 1.807) is 11.0 Å². The summed E-state index contributed by atoms with van der Waals surface area (Å²) in [7, 11) is 0. The van der Waals surface area contributed by atoms with Gasteiger partial charge in [0.1, 0.15) is 18.4 Å². The summed E-state index contributed by atoms with van der Waals surface area (Å²) in [6.07, 6.45) is 3.16. The Balaban J connectivity index is 1.41. The second-order valence-corrected chi connectivity index (χ2v) is 7.77. The lowest BCUT2D eigenvalue weighted by Gasteiger charge is -2.35. The highest BCUT2D eigenvalue weighted by Crippen LogP contribution is 2.22. The molecule has 3 aromatic rings. The Hall–Kier alpha value is -3.72. The molecule has 2 heterocycles. The number of piperazine rings is 1. The lowest BCUT2D eigenvalue weighted by Crippen LogP contribution is -2.56. The van der Waals surface area contributed by atoms with Crippen LogP contribution >= 0.6 is 0 Å². The maximum atomic E-state index is 12.8. The van der Waals surface area contributed by atoms with E-state index in [0.717, 1.165) is 22.6 Å². The van der Waals surface area contributed by atoms with Crippen LogP contribution in [0, 0.1) is 0 Å². The molecule has 1 aliphatic heterocycles. The van der Waals surface area contributed by atoms with Crippen LogP contribution in [0.3, 0.4) is 0 Å². The van der Waals surface area contributed by atoms with Crippen molar-refractivity contribution in [3.05, 3.63) is 72.3 Å². The number of carbonyl (C=O) groups excluding carboxylic acids is 2. The van der Waals surface area contributed by atoms with Gasteiger partial charge < -0.3 is 15.4 Å². The number of rotatable bonds is 9. The molecule has 33 heavy (non-hydrogen) atoms. The van der Waals surface area contributed by atoms with Gasteiger partial charge in [0, 0.05) is 31.7 Å². The van der Waals surface area contributed by atoms with Crippen molar-refractivity contribution in [3.8, 4) is 11.4 Å². The zero-order chi connectivity index (χ0) is 23.0. The Bertz CT molecular complexity index is 1090. The zero-order valence-electron chi connectivity index (χ0n) is 18.6. The lowest BCUT2D eigenvalue weighted by atomic mass is 10.1. The van der Waals surface area contributed by atoms with Crippen LogP contribution in [0.2, 0.25) is 0 Å². The predicted octanol–water partition coefficient (Wildman–Crippen LogP) is 1.67. The van der Waals surface area contributed by atoms with Crippen LogP contribution in [0.15, 0.2) is 61.2 Å². The van der Waals surface area contributed by atoms with E-state index < -0.39 is 6.04 Å². The summed E-state index contributed by atoms with van der Waals surface area (Å²) < 4.78 is 7.39. The van der Waals surface area contributed by atoms with Gasteiger partial charge in [0.15, 0.2) is 0 Å². The number of nitrogens with zero attached hydrogens (tertiary/aromatic N) is 4. The molecule has 172 valence electrons. The molecule has 1 aliphatic rings. The topological polar surface area (TPSA) is 101 Å². The SMILES string of the molecule is CCOc1ccccc1CN1CCNC(=O)C1CC(=O)NCc1ccccc1-n1cncn1. The highest BCUT2D eigenvalue weighted by molar-refractivity contribution is 5.88. The first kappa shape index (κ1) is 22.5. The molecule has 9 heteroatoms. The fourth-order valence-electron chi connectivity index (χ4n) is 3.98. The number of hydrogen-bond acceptors (Lipinski definition) is 6. The zero-order valence-corrected chi connectivity index (χ0v) is 18.6. The summed E-state index contributed by atoms with van der Waals surface area (Å²) in [6, 6.07) is 14.9. The van der Waals surface area contributed by atoms with E-state index >= 15 is 0 Å². The molecular weight excluding hydrogens is 420 g/mol. The summed E-state index contributed by atoms with van der Waals surface area (Å²) in [5.74, 6) is 0.487. The smallest absolute Gasteiger partial charge is 0.237 e. The third kappa shape index (κ3) is 5.56. The molecule has 4 rings (SSSR count). The highest BCUT2D eigenvalue weighted by Gasteiger charge is 2.32. The number of ether oxygens (including phenoxy) is 1. The van der Waals surface area contributed by atoms with Crippen LogP contribution in [0.25, 0.3) is 5.69 Å². The number of carbonyl (C=O) groups is 2. The van der Waals surface area contributed by atoms with Gasteiger partial charge in [-0.3, -0.25) is 14.5 Å². The Labute approximate surface area is 192 Å². The van der Waals surface area contributed by atoms with Gasteiger partial charge in [-0.1, -0.05) is 36.4 Å². The van der Waals surface area contributed by atoms with Crippen molar-refractivity contribution in [1.82, 2.24) is 30.3 Å². The van der Waals surface area contributed by atoms with Crippen molar-refractivity contribution < 1.29 is 14.3 Å². The second-order valence-electron chi connectivity index (χ2n) is 7.77. The van der Waals surface area contributed by atoms with Crippen molar-refractivity contribution in [2.75, 3.05) is 19.7 Å². The number of amides is 2. The minimum Gasteiger partial charge on any atom is -0.494 e. The summed E-state index contributed by atoms with van der Waals surface area (Å²) >= 11 is 0. The number of para-hydroxylation sites is 2. The maximum absolute atomic E-state index is 12.8. The lowest BCUT2D eigenvalue weighted by molar-refractivity contribution is -0.134. The van der Waals surface area contributed by atoms with Crippen LogP contribution < -0.4 is 15.4 Å². The first-order valence-electron chi connectivity index (χ1n) is 11.1. The van der Waals surface area contributed by atoms with E-state index in [9.17, 15) is 9.59 Å². The van der Waals surface area contributed by atoms with E-state index in [1.165, 1.54) is 6.33 Å². The Morgan fingerprint density at radius 1 is 1.18 bits per heavy atom. The molecule has 2 aromatic carbocycles. The number of nitrogens with one attached hydrogen (secondary N) is 2. The molecule has 2 N–H and O–H groups in total. The molecular formula is C24H28N6O3. The van der Waals surface area contributed by atoms with E-state index in [-0.39, 0.29) is 18.2 Å². The number of aromatic nitrogens is 3. The molecule has 0 radical (unpaired) electrons. The van der Waals surface area contributed by atoms with Crippen LogP contribution in [-0.2, 0) is 22.7 Å². The molecule has 1 atom stereocenters. The molecule has 0 aliphatic carbocycles. The van der Waals surface area contributed by atoms with Crippen molar-refractivity contribution in [3.63, 3.8) is 0 Å². The van der Waals surface area contributed by atoms with E-state index in [1.807, 2.05) is 60.4 Å². The highest BCUT2D eigenvalue weighted by atomic mass is 16.5. The van der Waals surface area contributed by atoms with Gasteiger partial charge in [-0.05, 0) is 24.6 Å². The van der Waals surface area contributed by atoms with Gasteiger partial charge >= 0.3 is 0 Å². The maximum Gasteiger partial charge on any atom is 0.237 e. The molecule has 0 spiro atoms. The van der Waals surface area contributed by atoms with E-state index in [4.69, 9.17) is 4.74 Å². The average molecular weight is 449 g/mol. The third-order valence-electron chi connectivity index (χ3n) is 5.60. The Morgan fingerprint density at radius 2 is 1.97 bits per heavy atom. The quantitative estimate of drug-likeness (QED) is 0.517. The van der Waals surface area contributed by atoms with Crippen LogP contribution in [0.1, 0.15) is 24.5 Å². The number of hydrogen-bond donors (Lipinski definition) is 2. The third-order valence-corrected chi connectivity index (χ3v) is 5.60. The molecule has 1 unspecified atom stereocenters. The van der Waals surface area contributed by atoms with E-state index in [2.05, 4.69) is 20.7 Å². The van der Waals surface area contributed by atoms with Gasteiger partial charge in [-0.15, -0.1) is 0 Å². The van der Waals surface area contributed by atoms with Crippen molar-refractivity contribution in [1.29, 1.82) is 0 Å². The Kier molecular flexibility index (Phi) is 7.31. The van der Waals surface area contributed by atoms with Crippen molar-refractivity contribution in [2.24, 2.45) is 0 Å². The first-order valence-corrected chi connectivity index (χ1v) is 11.1. The summed E-state index contributed by atoms with van der Waals surface area (Å²) in [5, 5.41) is 10.0. The molecule has 0 bridgehead atoms. The molecule has 1 saturated heterocycles. The van der Waals surface area contributed by atoms with Crippen molar-refractivity contribution >= 4 is 11.8 Å². The summed E-state index contributed by atoms with van der Waals surface area (Å²) in [4.78, 5) is 31.5. The molecule has 9 nitrogen and oxygen atoms in total. The fraction of sp³-hybridized carbons (Fsp3) is 0.333. The molecule has 2 amide bonds. The molecule has 1 aromatic heterocycles. The standard InChI is InChI=1S/C24H28N6O3/c1-2-33-22-10-6-4-8-19(22)15-29-12-11-26-24(32)21(29)13-23(31)27-14-18-7-3-5-9-20(18)30-17-25-16-28-30/h3-10,16-17,21H,2,11-15H2,1H3,(H,26,32)(H,27,31). The van der Waals surface area contributed by atoms with Gasteiger partial charge in [0.05, 0.1) is 24.8 Å². The second kappa shape index (κ2) is 10.7. The predicted molar refractivity (Wildman–Crippen MR) is 123 cm³/mol. The van der Waals surface area contributed by atoms with Crippen LogP contribution in [-0.4, -0.2) is 57.2 Å². The summed E-state index contributed by atoms with van der Waals surface area (Å²) in [6.45, 7) is 4.60. The largest absolute Gasteiger partial charge is 0.494 e. The minimum absolute atomic E-state index is 0.0775. The fourth-order valence-corrected chi connectivity index (χ4v) is 3.98. The van der Waals surface area contributed by atoms with Crippen molar-refractivity contribution in [2.45, 2.75) is 32.5 Å². The number of benzene rings is 2. The van der Waals surface area contributed by atoms with Crippen LogP contribution in [0.4, 0.5) is 0 Å². The van der Waals surface area contributed by atoms with Gasteiger partial charge in [-0.2, -0.15) is 5.10 Å². The molecule has 1 fully saturated rings. The minimum atomic E-state index is -0.543. The van der Waals surface area contributed by atoms with E-state index in [0.29, 0.717) is 32.8 Å². The average Bonchev–Trinajstić information content (AvgIpc) is 3.36. The van der Waals surface area contributed by atoms with Gasteiger partial charge in [-0.25, -0.2) is 9.67 Å². The van der Waals surface area contributed by atoms with Crippen LogP contribution in [0.5, 0.6) is 5.75 Å². The normalized spacial score (nSPS) is 16.3. The van der Waals surface area contributed by atoms with Gasteiger partial charge in [0.25, 0.3) is 0 Å².